The smallest absolute Gasteiger partial charge is 0.411 e. The molecule has 132 valence electrons. The summed E-state index contributed by atoms with van der Waals surface area (Å²) in [5, 5.41) is 9.56. The van der Waals surface area contributed by atoms with Gasteiger partial charge in [-0.25, -0.2) is 18.0 Å². The maximum atomic E-state index is 12.3. The molecule has 0 saturated heterocycles. The van der Waals surface area contributed by atoms with Crippen LogP contribution in [-0.2, 0) is 25.8 Å². The molecule has 1 N–H and O–H groups in total. The van der Waals surface area contributed by atoms with Gasteiger partial charge in [0.15, 0.2) is 15.9 Å². The summed E-state index contributed by atoms with van der Waals surface area (Å²) in [6.45, 7) is 5.26. The number of hydrogen-bond acceptors (Lipinski definition) is 5. The van der Waals surface area contributed by atoms with Gasteiger partial charge in [-0.1, -0.05) is 6.07 Å². The number of carboxylic acid groups (broad SMARTS) is 1. The predicted octanol–water partition coefficient (Wildman–Crippen LogP) is 2.01. The van der Waals surface area contributed by atoms with Crippen molar-refractivity contribution in [3.63, 3.8) is 0 Å². The first-order valence-electron chi connectivity index (χ1n) is 7.45. The number of fused-ring (bicyclic) bond motifs is 1. The first-order valence-corrected chi connectivity index (χ1v) is 9.34. The van der Waals surface area contributed by atoms with Crippen LogP contribution in [0.15, 0.2) is 23.1 Å². The number of rotatable bonds is 2. The Kier molecular flexibility index (Phi) is 4.63. The van der Waals surface area contributed by atoms with Crippen LogP contribution in [-0.4, -0.2) is 48.9 Å². The maximum absolute atomic E-state index is 12.3. The lowest BCUT2D eigenvalue weighted by Gasteiger charge is -2.36. The average molecular weight is 355 g/mol. The second kappa shape index (κ2) is 6.08. The minimum atomic E-state index is -3.38. The van der Waals surface area contributed by atoms with Gasteiger partial charge in [-0.15, -0.1) is 0 Å². The van der Waals surface area contributed by atoms with Crippen molar-refractivity contribution in [1.29, 1.82) is 0 Å². The van der Waals surface area contributed by atoms with Crippen LogP contribution in [0, 0.1) is 0 Å². The fraction of sp³-hybridized carbons (Fsp3) is 0.500. The molecule has 0 radical (unpaired) electrons. The molecule has 1 aromatic carbocycles. The first-order chi connectivity index (χ1) is 10.9. The van der Waals surface area contributed by atoms with Crippen LogP contribution in [0.5, 0.6) is 0 Å². The Balaban J connectivity index is 2.42. The number of amides is 1. The minimum absolute atomic E-state index is 0.135. The summed E-state index contributed by atoms with van der Waals surface area (Å²) >= 11 is 0. The molecule has 1 aliphatic rings. The number of hydrogen-bond donors (Lipinski definition) is 1. The van der Waals surface area contributed by atoms with E-state index in [0.29, 0.717) is 17.5 Å². The molecule has 1 heterocycles. The topological polar surface area (TPSA) is 101 Å². The Bertz CT molecular complexity index is 778. The van der Waals surface area contributed by atoms with Crippen molar-refractivity contribution in [2.45, 2.75) is 43.7 Å². The molecular formula is C16H21NO6S. The third-order valence-corrected chi connectivity index (χ3v) is 4.74. The SMILES string of the molecule is CC(C)(C)OC(=O)N1CCc2cc(S(C)(=O)=O)ccc2C1C(=O)O. The summed E-state index contributed by atoms with van der Waals surface area (Å²) in [6.07, 6.45) is 0.758. The molecular weight excluding hydrogens is 334 g/mol. The molecule has 0 aromatic heterocycles. The van der Waals surface area contributed by atoms with E-state index >= 15 is 0 Å². The zero-order valence-electron chi connectivity index (χ0n) is 14.1. The van der Waals surface area contributed by atoms with Crippen LogP contribution in [0.25, 0.3) is 0 Å². The van der Waals surface area contributed by atoms with Crippen molar-refractivity contribution in [3.8, 4) is 0 Å². The molecule has 7 nitrogen and oxygen atoms in total. The van der Waals surface area contributed by atoms with Gasteiger partial charge in [0.2, 0.25) is 0 Å². The van der Waals surface area contributed by atoms with Crippen molar-refractivity contribution in [2.24, 2.45) is 0 Å². The van der Waals surface area contributed by atoms with Crippen molar-refractivity contribution >= 4 is 21.9 Å². The van der Waals surface area contributed by atoms with E-state index in [1.165, 1.54) is 18.2 Å². The molecule has 0 saturated carbocycles. The Morgan fingerprint density at radius 3 is 2.42 bits per heavy atom. The second-order valence-electron chi connectivity index (χ2n) is 6.80. The Labute approximate surface area is 141 Å². The van der Waals surface area contributed by atoms with Gasteiger partial charge in [-0.05, 0) is 50.5 Å². The summed E-state index contributed by atoms with van der Waals surface area (Å²) < 4.78 is 28.6. The van der Waals surface area contributed by atoms with Gasteiger partial charge in [0.25, 0.3) is 0 Å². The Morgan fingerprint density at radius 2 is 1.92 bits per heavy atom. The highest BCUT2D eigenvalue weighted by atomic mass is 32.2. The van der Waals surface area contributed by atoms with E-state index in [0.717, 1.165) is 11.2 Å². The summed E-state index contributed by atoms with van der Waals surface area (Å²) in [5.41, 5.74) is 0.290. The molecule has 0 spiro atoms. The van der Waals surface area contributed by atoms with Gasteiger partial charge >= 0.3 is 12.1 Å². The predicted molar refractivity (Wildman–Crippen MR) is 86.6 cm³/mol. The van der Waals surface area contributed by atoms with Gasteiger partial charge < -0.3 is 9.84 Å². The van der Waals surface area contributed by atoms with Crippen LogP contribution in [0.1, 0.15) is 37.9 Å². The first kappa shape index (κ1) is 18.3. The summed E-state index contributed by atoms with van der Waals surface area (Å²) in [6, 6.07) is 3.11. The van der Waals surface area contributed by atoms with E-state index in [4.69, 9.17) is 4.74 Å². The van der Waals surface area contributed by atoms with Gasteiger partial charge in [0.1, 0.15) is 5.60 Å². The number of sulfone groups is 1. The van der Waals surface area contributed by atoms with Gasteiger partial charge in [-0.2, -0.15) is 0 Å². The van der Waals surface area contributed by atoms with E-state index in [1.807, 2.05) is 0 Å². The molecule has 1 atom stereocenters. The lowest BCUT2D eigenvalue weighted by Crippen LogP contribution is -2.45. The zero-order chi connectivity index (χ0) is 18.3. The molecule has 1 aromatic rings. The highest BCUT2D eigenvalue weighted by Crippen LogP contribution is 2.32. The van der Waals surface area contributed by atoms with Crippen LogP contribution in [0.2, 0.25) is 0 Å². The number of carboxylic acids is 1. The molecule has 1 aliphatic heterocycles. The van der Waals surface area contributed by atoms with Crippen molar-refractivity contribution in [3.05, 3.63) is 29.3 Å². The molecule has 0 fully saturated rings. The number of carbonyl (C=O) groups excluding carboxylic acids is 1. The fourth-order valence-electron chi connectivity index (χ4n) is 2.62. The maximum Gasteiger partial charge on any atom is 0.411 e. The molecule has 0 aliphatic carbocycles. The fourth-order valence-corrected chi connectivity index (χ4v) is 3.29. The standard InChI is InChI=1S/C16H21NO6S/c1-16(2,3)23-15(20)17-8-7-10-9-11(24(4,21)22)5-6-12(10)13(17)14(18)19/h5-6,9,13H,7-8H2,1-4H3,(H,18,19). The highest BCUT2D eigenvalue weighted by molar-refractivity contribution is 7.90. The second-order valence-corrected chi connectivity index (χ2v) is 8.81. The van der Waals surface area contributed by atoms with E-state index in [2.05, 4.69) is 0 Å². The molecule has 0 bridgehead atoms. The van der Waals surface area contributed by atoms with Gasteiger partial charge in [0, 0.05) is 12.8 Å². The number of nitrogens with zero attached hydrogens (tertiary/aromatic N) is 1. The normalized spacial score (nSPS) is 18.0. The quantitative estimate of drug-likeness (QED) is 0.871. The van der Waals surface area contributed by atoms with Crippen molar-refractivity contribution in [1.82, 2.24) is 4.90 Å². The molecule has 1 unspecified atom stereocenters. The average Bonchev–Trinajstić information content (AvgIpc) is 2.42. The van der Waals surface area contributed by atoms with Gasteiger partial charge in [0.05, 0.1) is 4.90 Å². The molecule has 8 heteroatoms. The third kappa shape index (κ3) is 3.87. The monoisotopic (exact) mass is 355 g/mol. The van der Waals surface area contributed by atoms with Crippen molar-refractivity contribution in [2.75, 3.05) is 12.8 Å². The molecule has 1 amide bonds. The lowest BCUT2D eigenvalue weighted by atomic mass is 9.93. The number of aliphatic carboxylic acids is 1. The van der Waals surface area contributed by atoms with Crippen molar-refractivity contribution < 1.29 is 27.9 Å². The van der Waals surface area contributed by atoms with Crippen LogP contribution in [0.3, 0.4) is 0 Å². The lowest BCUT2D eigenvalue weighted by molar-refractivity contribution is -0.143. The van der Waals surface area contributed by atoms with Crippen LogP contribution < -0.4 is 0 Å². The Morgan fingerprint density at radius 1 is 1.29 bits per heavy atom. The number of benzene rings is 1. The van der Waals surface area contributed by atoms with Gasteiger partial charge in [-0.3, -0.25) is 4.90 Å². The third-order valence-electron chi connectivity index (χ3n) is 3.63. The zero-order valence-corrected chi connectivity index (χ0v) is 14.9. The molecule has 2 rings (SSSR count). The van der Waals surface area contributed by atoms with E-state index in [9.17, 15) is 23.1 Å². The summed E-state index contributed by atoms with van der Waals surface area (Å²) in [7, 11) is -3.38. The summed E-state index contributed by atoms with van der Waals surface area (Å²) in [4.78, 5) is 25.3. The van der Waals surface area contributed by atoms with E-state index < -0.39 is 33.5 Å². The van der Waals surface area contributed by atoms with E-state index in [1.54, 1.807) is 20.8 Å². The minimum Gasteiger partial charge on any atom is -0.479 e. The summed E-state index contributed by atoms with van der Waals surface area (Å²) in [5.74, 6) is -1.19. The molecule has 24 heavy (non-hydrogen) atoms. The van der Waals surface area contributed by atoms with Crippen LogP contribution >= 0.6 is 0 Å². The number of carbonyl (C=O) groups is 2. The van der Waals surface area contributed by atoms with Crippen LogP contribution in [0.4, 0.5) is 4.79 Å². The number of ether oxygens (including phenoxy) is 1. The highest BCUT2D eigenvalue weighted by Gasteiger charge is 2.38. The Hall–Kier alpha value is -2.09. The largest absolute Gasteiger partial charge is 0.479 e. The van der Waals surface area contributed by atoms with E-state index in [-0.39, 0.29) is 11.4 Å².